The normalized spacial score (nSPS) is 12.5. The van der Waals surface area contributed by atoms with Crippen LogP contribution in [0.25, 0.3) is 0 Å². The van der Waals surface area contributed by atoms with Crippen LogP contribution in [0.3, 0.4) is 0 Å². The number of carbonyl (C=O) groups excluding carboxylic acids is 1. The molecule has 1 rings (SSSR count). The first kappa shape index (κ1) is 13.5. The van der Waals surface area contributed by atoms with E-state index < -0.39 is 0 Å². The molecule has 0 unspecified atom stereocenters. The lowest BCUT2D eigenvalue weighted by atomic mass is 10.2. The molecule has 0 aliphatic rings. The zero-order valence-electron chi connectivity index (χ0n) is 10.7. The topological polar surface area (TPSA) is 45.5 Å². The van der Waals surface area contributed by atoms with Crippen molar-refractivity contribution in [1.82, 2.24) is 10.2 Å². The van der Waals surface area contributed by atoms with Crippen molar-refractivity contribution in [3.05, 3.63) is 36.3 Å². The molecule has 1 aromatic rings. The highest BCUT2D eigenvalue weighted by Crippen LogP contribution is 2.10. The zero-order valence-corrected chi connectivity index (χ0v) is 10.7. The Morgan fingerprint density at radius 2 is 2.35 bits per heavy atom. The summed E-state index contributed by atoms with van der Waals surface area (Å²) in [5.41, 5.74) is 0. The van der Waals surface area contributed by atoms with E-state index in [4.69, 9.17) is 4.42 Å². The molecule has 1 atom stereocenters. The van der Waals surface area contributed by atoms with E-state index in [1.54, 1.807) is 6.08 Å². The minimum absolute atomic E-state index is 0.00400. The van der Waals surface area contributed by atoms with E-state index >= 15 is 0 Å². The molecule has 17 heavy (non-hydrogen) atoms. The molecule has 94 valence electrons. The van der Waals surface area contributed by atoms with Gasteiger partial charge in [-0.1, -0.05) is 6.08 Å². The van der Waals surface area contributed by atoms with Crippen LogP contribution < -0.4 is 5.32 Å². The maximum Gasteiger partial charge on any atom is 0.237 e. The van der Waals surface area contributed by atoms with Crippen LogP contribution in [0.5, 0.6) is 0 Å². The second kappa shape index (κ2) is 6.25. The summed E-state index contributed by atoms with van der Waals surface area (Å²) in [6, 6.07) is 3.66. The lowest BCUT2D eigenvalue weighted by Gasteiger charge is -2.22. The third kappa shape index (κ3) is 4.07. The Kier molecular flexibility index (Phi) is 4.97. The predicted molar refractivity (Wildman–Crippen MR) is 67.6 cm³/mol. The molecule has 4 nitrogen and oxygen atoms in total. The molecule has 1 amide bonds. The fourth-order valence-corrected chi connectivity index (χ4v) is 1.47. The van der Waals surface area contributed by atoms with Crippen molar-refractivity contribution in [3.8, 4) is 0 Å². The van der Waals surface area contributed by atoms with E-state index in [1.807, 2.05) is 37.9 Å². The third-order valence-corrected chi connectivity index (χ3v) is 2.66. The Morgan fingerprint density at radius 3 is 2.88 bits per heavy atom. The monoisotopic (exact) mass is 236 g/mol. The van der Waals surface area contributed by atoms with Crippen molar-refractivity contribution in [3.63, 3.8) is 0 Å². The quantitative estimate of drug-likeness (QED) is 0.765. The molecule has 0 aliphatic heterocycles. The summed E-state index contributed by atoms with van der Waals surface area (Å²) in [6.07, 6.45) is 1.67. The van der Waals surface area contributed by atoms with Crippen LogP contribution in [-0.2, 0) is 11.3 Å². The molecule has 0 saturated heterocycles. The molecule has 0 spiro atoms. The molecule has 1 N–H and O–H groups in total. The average molecular weight is 236 g/mol. The fourth-order valence-electron chi connectivity index (χ4n) is 1.47. The summed E-state index contributed by atoms with van der Waals surface area (Å²) in [5, 5.41) is 2.77. The number of amides is 1. The van der Waals surface area contributed by atoms with Crippen LogP contribution in [0.15, 0.2) is 29.2 Å². The summed E-state index contributed by atoms with van der Waals surface area (Å²) >= 11 is 0. The number of aryl methyl sites for hydroxylation is 1. The highest BCUT2D eigenvalue weighted by atomic mass is 16.3. The van der Waals surface area contributed by atoms with Crippen molar-refractivity contribution in [1.29, 1.82) is 0 Å². The number of nitrogens with zero attached hydrogens (tertiary/aromatic N) is 1. The number of nitrogens with one attached hydrogen (secondary N) is 1. The van der Waals surface area contributed by atoms with Crippen LogP contribution in [0.1, 0.15) is 18.4 Å². The van der Waals surface area contributed by atoms with Crippen molar-refractivity contribution >= 4 is 5.91 Å². The Morgan fingerprint density at radius 1 is 1.65 bits per heavy atom. The second-order valence-electron chi connectivity index (χ2n) is 4.14. The van der Waals surface area contributed by atoms with Gasteiger partial charge in [-0.15, -0.1) is 6.58 Å². The Hall–Kier alpha value is -1.55. The van der Waals surface area contributed by atoms with Gasteiger partial charge in [-0.3, -0.25) is 9.69 Å². The number of carbonyl (C=O) groups is 1. The maximum atomic E-state index is 11.7. The van der Waals surface area contributed by atoms with Gasteiger partial charge in [-0.25, -0.2) is 0 Å². The minimum atomic E-state index is -0.194. The van der Waals surface area contributed by atoms with Crippen LogP contribution >= 0.6 is 0 Å². The van der Waals surface area contributed by atoms with Gasteiger partial charge in [0.1, 0.15) is 11.5 Å². The first-order valence-corrected chi connectivity index (χ1v) is 5.68. The third-order valence-electron chi connectivity index (χ3n) is 2.66. The smallest absolute Gasteiger partial charge is 0.237 e. The number of rotatable bonds is 6. The molecular formula is C13H20N2O2. The first-order chi connectivity index (χ1) is 8.04. The van der Waals surface area contributed by atoms with Crippen molar-refractivity contribution < 1.29 is 9.21 Å². The highest BCUT2D eigenvalue weighted by molar-refractivity contribution is 5.81. The molecule has 0 radical (unpaired) electrons. The zero-order chi connectivity index (χ0) is 12.8. The summed E-state index contributed by atoms with van der Waals surface area (Å²) < 4.78 is 5.48. The van der Waals surface area contributed by atoms with E-state index in [0.29, 0.717) is 13.1 Å². The lowest BCUT2D eigenvalue weighted by molar-refractivity contribution is -0.125. The largest absolute Gasteiger partial charge is 0.465 e. The van der Waals surface area contributed by atoms with Gasteiger partial charge >= 0.3 is 0 Å². The molecule has 0 saturated carbocycles. The lowest BCUT2D eigenvalue weighted by Crippen LogP contribution is -2.42. The van der Waals surface area contributed by atoms with Crippen LogP contribution in [0, 0.1) is 6.92 Å². The van der Waals surface area contributed by atoms with E-state index in [0.717, 1.165) is 11.5 Å². The SMILES string of the molecule is C=CCNC(=O)[C@H](C)N(C)Cc1ccc(C)o1. The average Bonchev–Trinajstić information content (AvgIpc) is 2.70. The summed E-state index contributed by atoms with van der Waals surface area (Å²) in [6.45, 7) is 8.46. The fraction of sp³-hybridized carbons (Fsp3) is 0.462. The molecular weight excluding hydrogens is 216 g/mol. The van der Waals surface area contributed by atoms with E-state index in [2.05, 4.69) is 11.9 Å². The standard InChI is InChI=1S/C13H20N2O2/c1-5-8-14-13(16)11(3)15(4)9-12-7-6-10(2)17-12/h5-7,11H,1,8-9H2,2-4H3,(H,14,16)/t11-/m0/s1. The van der Waals surface area contributed by atoms with Gasteiger partial charge < -0.3 is 9.73 Å². The van der Waals surface area contributed by atoms with E-state index in [1.165, 1.54) is 0 Å². The van der Waals surface area contributed by atoms with Crippen LogP contribution in [0.4, 0.5) is 0 Å². The molecule has 1 aromatic heterocycles. The van der Waals surface area contributed by atoms with E-state index in [-0.39, 0.29) is 11.9 Å². The molecule has 4 heteroatoms. The summed E-state index contributed by atoms with van der Waals surface area (Å²) in [7, 11) is 1.90. The van der Waals surface area contributed by atoms with Gasteiger partial charge in [0, 0.05) is 6.54 Å². The van der Waals surface area contributed by atoms with Gasteiger partial charge in [0.05, 0.1) is 12.6 Å². The molecule has 0 aromatic carbocycles. The van der Waals surface area contributed by atoms with Crippen molar-refractivity contribution in [2.24, 2.45) is 0 Å². The first-order valence-electron chi connectivity index (χ1n) is 5.68. The molecule has 0 fully saturated rings. The van der Waals surface area contributed by atoms with Gasteiger partial charge in [-0.05, 0) is 33.0 Å². The van der Waals surface area contributed by atoms with Crippen LogP contribution in [-0.4, -0.2) is 30.4 Å². The van der Waals surface area contributed by atoms with Gasteiger partial charge in [0.2, 0.25) is 5.91 Å². The minimum Gasteiger partial charge on any atom is -0.465 e. The number of hydrogen-bond donors (Lipinski definition) is 1. The summed E-state index contributed by atoms with van der Waals surface area (Å²) in [5.74, 6) is 1.75. The van der Waals surface area contributed by atoms with Crippen LogP contribution in [0.2, 0.25) is 0 Å². The Labute approximate surface area is 102 Å². The Bertz CT molecular complexity index is 385. The number of furan rings is 1. The molecule has 0 bridgehead atoms. The van der Waals surface area contributed by atoms with Gasteiger partial charge in [0.25, 0.3) is 0 Å². The molecule has 0 aliphatic carbocycles. The van der Waals surface area contributed by atoms with E-state index in [9.17, 15) is 4.79 Å². The number of hydrogen-bond acceptors (Lipinski definition) is 3. The highest BCUT2D eigenvalue weighted by Gasteiger charge is 2.18. The van der Waals surface area contributed by atoms with Crippen molar-refractivity contribution in [2.45, 2.75) is 26.4 Å². The second-order valence-corrected chi connectivity index (χ2v) is 4.14. The van der Waals surface area contributed by atoms with Gasteiger partial charge in [-0.2, -0.15) is 0 Å². The van der Waals surface area contributed by atoms with Gasteiger partial charge in [0.15, 0.2) is 0 Å². The molecule has 1 heterocycles. The summed E-state index contributed by atoms with van der Waals surface area (Å²) in [4.78, 5) is 13.6. The Balaban J connectivity index is 2.48. The predicted octanol–water partition coefficient (Wildman–Crippen LogP) is 1.71. The maximum absolute atomic E-state index is 11.7. The van der Waals surface area contributed by atoms with Crippen molar-refractivity contribution in [2.75, 3.05) is 13.6 Å². The number of likely N-dealkylation sites (N-methyl/N-ethyl adjacent to an activating group) is 1.